The van der Waals surface area contributed by atoms with Crippen molar-refractivity contribution in [2.75, 3.05) is 13.8 Å². The van der Waals surface area contributed by atoms with Crippen LogP contribution in [0.3, 0.4) is 0 Å². The molecule has 0 aliphatic carbocycles. The molecule has 3 nitrogen and oxygen atoms in total. The number of carbonyl (C=O) groups excluding carboxylic acids is 1. The quantitative estimate of drug-likeness (QED) is 0.451. The Balaban J connectivity index is 3.35. The fraction of sp³-hybridized carbons (Fsp3) is 0.286. The summed E-state index contributed by atoms with van der Waals surface area (Å²) in [6, 6.07) is 4.15. The van der Waals surface area contributed by atoms with E-state index >= 15 is 0 Å². The Bertz CT molecular complexity index is 510. The summed E-state index contributed by atoms with van der Waals surface area (Å²) in [5.41, 5.74) is -0.154. The zero-order valence-corrected chi connectivity index (χ0v) is 10.8. The molecule has 1 aromatic rings. The Morgan fingerprint density at radius 2 is 2.21 bits per heavy atom. The average Bonchev–Trinajstić information content (AvgIpc) is 2.43. The largest absolute Gasteiger partial charge is 0.496 e. The summed E-state index contributed by atoms with van der Waals surface area (Å²) in [5, 5.41) is 0. The van der Waals surface area contributed by atoms with Crippen molar-refractivity contribution < 1.29 is 18.3 Å². The number of alkyl halides is 1. The van der Waals surface area contributed by atoms with Crippen molar-refractivity contribution in [2.24, 2.45) is 4.99 Å². The van der Waals surface area contributed by atoms with Gasteiger partial charge in [-0.2, -0.15) is 0 Å². The molecule has 102 valence electrons. The molecule has 0 amide bonds. The van der Waals surface area contributed by atoms with Gasteiger partial charge >= 0.3 is 0 Å². The summed E-state index contributed by atoms with van der Waals surface area (Å²) in [6.07, 6.45) is 2.62. The van der Waals surface area contributed by atoms with Gasteiger partial charge in [-0.15, -0.1) is 0 Å². The third kappa shape index (κ3) is 3.71. The van der Waals surface area contributed by atoms with Crippen LogP contribution in [-0.2, 0) is 4.79 Å². The summed E-state index contributed by atoms with van der Waals surface area (Å²) in [5.74, 6) is -0.462. The number of halogens is 2. The minimum atomic E-state index is -0.994. The number of hydrogen-bond donors (Lipinski definition) is 0. The van der Waals surface area contributed by atoms with Crippen LogP contribution in [0, 0.1) is 5.82 Å². The fourth-order valence-electron chi connectivity index (χ4n) is 1.59. The number of ether oxygens (including phenoxy) is 1. The zero-order chi connectivity index (χ0) is 14.3. The normalized spacial score (nSPS) is 12.4. The minimum absolute atomic E-state index is 0.0589. The fourth-order valence-corrected chi connectivity index (χ4v) is 1.59. The molecule has 0 bridgehead atoms. The van der Waals surface area contributed by atoms with Crippen LogP contribution in [0.4, 0.5) is 8.78 Å². The maximum Gasteiger partial charge on any atom is 0.168 e. The lowest BCUT2D eigenvalue weighted by atomic mass is 10.1. The first-order valence-electron chi connectivity index (χ1n) is 5.79. The average molecular weight is 267 g/mol. The van der Waals surface area contributed by atoms with Crippen LogP contribution < -0.4 is 4.74 Å². The van der Waals surface area contributed by atoms with Gasteiger partial charge in [-0.3, -0.25) is 4.79 Å². The Morgan fingerprint density at radius 1 is 1.47 bits per heavy atom. The summed E-state index contributed by atoms with van der Waals surface area (Å²) in [4.78, 5) is 14.7. The van der Waals surface area contributed by atoms with E-state index in [0.717, 1.165) is 0 Å². The molecule has 0 fully saturated rings. The van der Waals surface area contributed by atoms with Crippen molar-refractivity contribution >= 4 is 12.0 Å². The third-order valence-corrected chi connectivity index (χ3v) is 2.41. The molecular formula is C14H15F2NO2. The second kappa shape index (κ2) is 7.41. The van der Waals surface area contributed by atoms with Crippen LogP contribution in [0.2, 0.25) is 0 Å². The lowest BCUT2D eigenvalue weighted by Gasteiger charge is -2.09. The van der Waals surface area contributed by atoms with Crippen LogP contribution in [-0.4, -0.2) is 25.8 Å². The molecule has 0 atom stereocenters. The van der Waals surface area contributed by atoms with E-state index in [2.05, 4.69) is 4.99 Å². The summed E-state index contributed by atoms with van der Waals surface area (Å²) < 4.78 is 31.8. The standard InChI is InChI=1S/C14H15F2NO2/c1-3-5-10(9-18)17-12(8-15)14-11(16)6-4-7-13(14)19-2/h4-7,9H,3,8H2,1-2H3/b10-5-,17-12?. The predicted octanol–water partition coefficient (Wildman–Crippen LogP) is 3.09. The highest BCUT2D eigenvalue weighted by Gasteiger charge is 2.16. The van der Waals surface area contributed by atoms with Gasteiger partial charge in [-0.25, -0.2) is 13.8 Å². The van der Waals surface area contributed by atoms with Crippen LogP contribution in [0.15, 0.2) is 35.0 Å². The first-order valence-corrected chi connectivity index (χ1v) is 5.79. The first-order chi connectivity index (χ1) is 9.17. The van der Waals surface area contributed by atoms with Gasteiger partial charge in [0.15, 0.2) is 6.29 Å². The van der Waals surface area contributed by atoms with Gasteiger partial charge in [0.05, 0.1) is 24.1 Å². The predicted molar refractivity (Wildman–Crippen MR) is 69.9 cm³/mol. The van der Waals surface area contributed by atoms with Gasteiger partial charge in [0, 0.05) is 0 Å². The number of allylic oxidation sites excluding steroid dienone is 2. The van der Waals surface area contributed by atoms with E-state index in [1.54, 1.807) is 0 Å². The van der Waals surface area contributed by atoms with Crippen LogP contribution in [0.25, 0.3) is 0 Å². The Morgan fingerprint density at radius 3 is 2.74 bits per heavy atom. The highest BCUT2D eigenvalue weighted by Crippen LogP contribution is 2.23. The van der Waals surface area contributed by atoms with E-state index in [9.17, 15) is 13.6 Å². The van der Waals surface area contributed by atoms with E-state index in [-0.39, 0.29) is 22.7 Å². The number of methoxy groups -OCH3 is 1. The maximum absolute atomic E-state index is 13.8. The minimum Gasteiger partial charge on any atom is -0.496 e. The Hall–Kier alpha value is -2.04. The summed E-state index contributed by atoms with van der Waals surface area (Å²) in [6.45, 7) is 0.823. The molecule has 0 spiro atoms. The molecule has 0 radical (unpaired) electrons. The monoisotopic (exact) mass is 267 g/mol. The second-order valence-corrected chi connectivity index (χ2v) is 3.66. The van der Waals surface area contributed by atoms with Crippen LogP contribution >= 0.6 is 0 Å². The molecule has 0 saturated heterocycles. The smallest absolute Gasteiger partial charge is 0.168 e. The van der Waals surface area contributed by atoms with Crippen LogP contribution in [0.1, 0.15) is 18.9 Å². The van der Waals surface area contributed by atoms with Gasteiger partial charge in [0.2, 0.25) is 0 Å². The van der Waals surface area contributed by atoms with E-state index in [1.807, 2.05) is 6.92 Å². The molecule has 0 unspecified atom stereocenters. The van der Waals surface area contributed by atoms with Gasteiger partial charge in [-0.1, -0.05) is 19.1 Å². The number of rotatable bonds is 6. The molecule has 0 aromatic heterocycles. The Kier molecular flexibility index (Phi) is 5.85. The third-order valence-electron chi connectivity index (χ3n) is 2.41. The number of carbonyl (C=O) groups is 1. The van der Waals surface area contributed by atoms with Gasteiger partial charge in [-0.05, 0) is 18.6 Å². The van der Waals surface area contributed by atoms with Crippen molar-refractivity contribution in [3.8, 4) is 5.75 Å². The van der Waals surface area contributed by atoms with E-state index in [0.29, 0.717) is 12.7 Å². The zero-order valence-electron chi connectivity index (χ0n) is 10.8. The lowest BCUT2D eigenvalue weighted by Crippen LogP contribution is -2.09. The number of hydrogen-bond acceptors (Lipinski definition) is 3. The van der Waals surface area contributed by atoms with Gasteiger partial charge < -0.3 is 4.74 Å². The van der Waals surface area contributed by atoms with Crippen molar-refractivity contribution in [3.05, 3.63) is 41.4 Å². The molecule has 1 rings (SSSR count). The lowest BCUT2D eigenvalue weighted by molar-refractivity contribution is -0.104. The molecule has 0 aliphatic heterocycles. The van der Waals surface area contributed by atoms with Crippen molar-refractivity contribution in [3.63, 3.8) is 0 Å². The van der Waals surface area contributed by atoms with Gasteiger partial charge in [0.25, 0.3) is 0 Å². The topological polar surface area (TPSA) is 38.7 Å². The van der Waals surface area contributed by atoms with Crippen molar-refractivity contribution in [2.45, 2.75) is 13.3 Å². The summed E-state index contributed by atoms with van der Waals surface area (Å²) >= 11 is 0. The molecular weight excluding hydrogens is 252 g/mol. The molecule has 0 N–H and O–H groups in total. The second-order valence-electron chi connectivity index (χ2n) is 3.66. The van der Waals surface area contributed by atoms with Gasteiger partial charge in [0.1, 0.15) is 18.2 Å². The molecule has 0 aliphatic rings. The Labute approximate surface area is 110 Å². The summed E-state index contributed by atoms with van der Waals surface area (Å²) in [7, 11) is 1.36. The van der Waals surface area contributed by atoms with E-state index in [1.165, 1.54) is 31.4 Å². The maximum atomic E-state index is 13.8. The number of benzene rings is 1. The first kappa shape index (κ1) is 15.0. The number of nitrogens with zero attached hydrogens (tertiary/aromatic N) is 1. The van der Waals surface area contributed by atoms with E-state index < -0.39 is 12.5 Å². The molecule has 0 heterocycles. The van der Waals surface area contributed by atoms with Crippen LogP contribution in [0.5, 0.6) is 5.75 Å². The number of aldehydes is 1. The highest BCUT2D eigenvalue weighted by molar-refractivity contribution is 6.05. The number of aliphatic imine (C=N–C) groups is 1. The molecule has 5 heteroatoms. The molecule has 0 saturated carbocycles. The van der Waals surface area contributed by atoms with Crippen molar-refractivity contribution in [1.29, 1.82) is 0 Å². The molecule has 1 aromatic carbocycles. The highest BCUT2D eigenvalue weighted by atomic mass is 19.1. The van der Waals surface area contributed by atoms with Crippen molar-refractivity contribution in [1.82, 2.24) is 0 Å². The van der Waals surface area contributed by atoms with E-state index in [4.69, 9.17) is 4.74 Å². The molecule has 19 heavy (non-hydrogen) atoms. The SMILES string of the molecule is CC/C=C(/C=O)N=C(CF)c1c(F)cccc1OC.